The molecule has 0 aliphatic rings. The maximum absolute atomic E-state index is 12.2. The van der Waals surface area contributed by atoms with E-state index in [0.29, 0.717) is 22.2 Å². The fourth-order valence-corrected chi connectivity index (χ4v) is 2.48. The summed E-state index contributed by atoms with van der Waals surface area (Å²) in [6.45, 7) is -0.208. The van der Waals surface area contributed by atoms with Crippen LogP contribution in [0.15, 0.2) is 54.6 Å². The Morgan fingerprint density at radius 1 is 1.27 bits per heavy atom. The molecule has 0 saturated heterocycles. The molecule has 1 aromatic heterocycles. The number of halogens is 1. The quantitative estimate of drug-likeness (QED) is 0.747. The fourth-order valence-electron chi connectivity index (χ4n) is 2.35. The Balaban J connectivity index is 1.66. The third kappa shape index (κ3) is 4.02. The molecule has 3 aromatic rings. The van der Waals surface area contributed by atoms with Crippen LogP contribution < -0.4 is 10.1 Å². The number of amides is 1. The zero-order valence-electron chi connectivity index (χ0n) is 13.9. The van der Waals surface area contributed by atoms with Crippen LogP contribution >= 0.6 is 11.6 Å². The molecule has 0 fully saturated rings. The number of nitrogens with zero attached hydrogens (tertiary/aromatic N) is 3. The summed E-state index contributed by atoms with van der Waals surface area (Å²) in [5, 5.41) is 16.8. The Hall–Kier alpha value is -3.30. The third-order valence-corrected chi connectivity index (χ3v) is 3.91. The van der Waals surface area contributed by atoms with Gasteiger partial charge < -0.3 is 10.1 Å². The number of benzene rings is 2. The highest BCUT2D eigenvalue weighted by atomic mass is 35.5. The van der Waals surface area contributed by atoms with Gasteiger partial charge in [-0.05, 0) is 24.3 Å². The lowest BCUT2D eigenvalue weighted by Crippen LogP contribution is -2.21. The molecule has 0 saturated carbocycles. The molecule has 0 aliphatic carbocycles. The molecule has 0 aliphatic heterocycles. The maximum Gasteiger partial charge on any atom is 0.263 e. The largest absolute Gasteiger partial charge is 0.482 e. The summed E-state index contributed by atoms with van der Waals surface area (Å²) in [7, 11) is 1.74. The smallest absolute Gasteiger partial charge is 0.263 e. The molecule has 0 radical (unpaired) electrons. The molecule has 6 nitrogen and oxygen atoms in total. The Morgan fingerprint density at radius 3 is 2.73 bits per heavy atom. The molecule has 0 spiro atoms. The van der Waals surface area contributed by atoms with E-state index in [2.05, 4.69) is 10.4 Å². The van der Waals surface area contributed by atoms with Crippen molar-refractivity contribution in [3.8, 4) is 23.1 Å². The van der Waals surface area contributed by atoms with Crippen LogP contribution in [0.4, 0.5) is 5.82 Å². The van der Waals surface area contributed by atoms with Crippen LogP contribution in [0.2, 0.25) is 5.02 Å². The van der Waals surface area contributed by atoms with E-state index < -0.39 is 0 Å². The minimum Gasteiger partial charge on any atom is -0.482 e. The number of ether oxygens (including phenoxy) is 1. The number of aromatic nitrogens is 2. The van der Waals surface area contributed by atoms with Crippen molar-refractivity contribution < 1.29 is 9.53 Å². The van der Waals surface area contributed by atoms with Gasteiger partial charge in [-0.25, -0.2) is 0 Å². The second kappa shape index (κ2) is 7.72. The van der Waals surface area contributed by atoms with Crippen LogP contribution in [0.1, 0.15) is 5.56 Å². The Kier molecular flexibility index (Phi) is 5.20. The van der Waals surface area contributed by atoms with Gasteiger partial charge in [-0.3, -0.25) is 9.48 Å². The van der Waals surface area contributed by atoms with Crippen LogP contribution in [-0.4, -0.2) is 22.3 Å². The fraction of sp³-hybridized carbons (Fsp3) is 0.105. The predicted octanol–water partition coefficient (Wildman–Crippen LogP) is 3.63. The standard InChI is InChI=1S/C19H15ClN4O2/c1-24-18(10-16(23-24)13-6-8-15(20)9-7-13)22-19(25)12-26-17-5-3-2-4-14(17)11-21/h2-10H,12H2,1H3,(H,22,25). The topological polar surface area (TPSA) is 79.9 Å². The molecule has 1 N–H and O–H groups in total. The summed E-state index contributed by atoms with van der Waals surface area (Å²) in [5.41, 5.74) is 1.99. The van der Waals surface area contributed by atoms with Crippen LogP contribution in [0.3, 0.4) is 0 Å². The van der Waals surface area contributed by atoms with E-state index in [1.165, 1.54) is 0 Å². The van der Waals surface area contributed by atoms with Gasteiger partial charge in [-0.15, -0.1) is 0 Å². The number of nitriles is 1. The molecule has 0 unspecified atom stereocenters. The van der Waals surface area contributed by atoms with E-state index in [-0.39, 0.29) is 12.5 Å². The molecule has 130 valence electrons. The van der Waals surface area contributed by atoms with Gasteiger partial charge in [0.15, 0.2) is 6.61 Å². The predicted molar refractivity (Wildman–Crippen MR) is 98.9 cm³/mol. The SMILES string of the molecule is Cn1nc(-c2ccc(Cl)cc2)cc1NC(=O)COc1ccccc1C#N. The molecule has 0 bridgehead atoms. The molecule has 0 atom stereocenters. The van der Waals surface area contributed by atoms with Gasteiger partial charge in [-0.1, -0.05) is 35.9 Å². The normalized spacial score (nSPS) is 10.2. The van der Waals surface area contributed by atoms with Crippen molar-refractivity contribution in [1.82, 2.24) is 9.78 Å². The van der Waals surface area contributed by atoms with Crippen LogP contribution in [-0.2, 0) is 11.8 Å². The van der Waals surface area contributed by atoms with E-state index in [1.807, 2.05) is 18.2 Å². The highest BCUT2D eigenvalue weighted by Gasteiger charge is 2.11. The van der Waals surface area contributed by atoms with E-state index in [0.717, 1.165) is 11.3 Å². The summed E-state index contributed by atoms with van der Waals surface area (Å²) in [6.07, 6.45) is 0. The molecule has 2 aromatic carbocycles. The molecule has 3 rings (SSSR count). The highest BCUT2D eigenvalue weighted by Crippen LogP contribution is 2.23. The Labute approximate surface area is 155 Å². The lowest BCUT2D eigenvalue weighted by Gasteiger charge is -2.08. The van der Waals surface area contributed by atoms with Gasteiger partial charge in [0.05, 0.1) is 11.3 Å². The summed E-state index contributed by atoms with van der Waals surface area (Å²) in [6, 6.07) is 17.8. The summed E-state index contributed by atoms with van der Waals surface area (Å²) < 4.78 is 7.00. The molecular formula is C19H15ClN4O2. The second-order valence-electron chi connectivity index (χ2n) is 5.49. The van der Waals surface area contributed by atoms with Crippen molar-refractivity contribution in [2.75, 3.05) is 11.9 Å². The number of nitrogens with one attached hydrogen (secondary N) is 1. The lowest BCUT2D eigenvalue weighted by atomic mass is 10.1. The number of para-hydroxylation sites is 1. The Bertz CT molecular complexity index is 974. The first-order valence-electron chi connectivity index (χ1n) is 7.78. The zero-order chi connectivity index (χ0) is 18.5. The van der Waals surface area contributed by atoms with E-state index >= 15 is 0 Å². The van der Waals surface area contributed by atoms with Crippen molar-refractivity contribution >= 4 is 23.3 Å². The molecule has 26 heavy (non-hydrogen) atoms. The average Bonchev–Trinajstić information content (AvgIpc) is 3.01. The maximum atomic E-state index is 12.2. The second-order valence-corrected chi connectivity index (χ2v) is 5.93. The molecule has 1 amide bonds. The van der Waals surface area contributed by atoms with E-state index in [9.17, 15) is 4.79 Å². The molecular weight excluding hydrogens is 352 g/mol. The number of carbonyl (C=O) groups is 1. The number of carbonyl (C=O) groups excluding carboxylic acids is 1. The van der Waals surface area contributed by atoms with Gasteiger partial charge in [0.2, 0.25) is 0 Å². The van der Waals surface area contributed by atoms with Gasteiger partial charge in [0, 0.05) is 23.7 Å². The third-order valence-electron chi connectivity index (χ3n) is 3.65. The van der Waals surface area contributed by atoms with Crippen LogP contribution in [0.5, 0.6) is 5.75 Å². The molecule has 1 heterocycles. The van der Waals surface area contributed by atoms with Crippen molar-refractivity contribution in [3.05, 3.63) is 65.2 Å². The van der Waals surface area contributed by atoms with Gasteiger partial charge in [0.25, 0.3) is 5.91 Å². The monoisotopic (exact) mass is 366 g/mol. The summed E-state index contributed by atoms with van der Waals surface area (Å²) >= 11 is 5.89. The highest BCUT2D eigenvalue weighted by molar-refractivity contribution is 6.30. The zero-order valence-corrected chi connectivity index (χ0v) is 14.7. The first-order valence-corrected chi connectivity index (χ1v) is 8.16. The van der Waals surface area contributed by atoms with Gasteiger partial charge in [-0.2, -0.15) is 10.4 Å². The van der Waals surface area contributed by atoms with Gasteiger partial charge >= 0.3 is 0 Å². The van der Waals surface area contributed by atoms with Crippen molar-refractivity contribution in [3.63, 3.8) is 0 Å². The minimum atomic E-state index is -0.344. The summed E-state index contributed by atoms with van der Waals surface area (Å²) in [4.78, 5) is 12.2. The van der Waals surface area contributed by atoms with E-state index in [4.69, 9.17) is 21.6 Å². The number of hydrogen-bond donors (Lipinski definition) is 1. The number of hydrogen-bond acceptors (Lipinski definition) is 4. The van der Waals surface area contributed by atoms with Crippen LogP contribution in [0, 0.1) is 11.3 Å². The van der Waals surface area contributed by atoms with Crippen LogP contribution in [0.25, 0.3) is 11.3 Å². The van der Waals surface area contributed by atoms with E-state index in [1.54, 1.807) is 54.2 Å². The summed E-state index contributed by atoms with van der Waals surface area (Å²) in [5.74, 6) is 0.567. The first kappa shape index (κ1) is 17.5. The minimum absolute atomic E-state index is 0.208. The number of anilines is 1. The Morgan fingerprint density at radius 2 is 2.00 bits per heavy atom. The van der Waals surface area contributed by atoms with Crippen molar-refractivity contribution in [2.24, 2.45) is 7.05 Å². The van der Waals surface area contributed by atoms with Crippen molar-refractivity contribution in [2.45, 2.75) is 0 Å². The first-order chi connectivity index (χ1) is 12.6. The number of rotatable bonds is 5. The van der Waals surface area contributed by atoms with Crippen molar-refractivity contribution in [1.29, 1.82) is 5.26 Å². The number of aryl methyl sites for hydroxylation is 1. The lowest BCUT2D eigenvalue weighted by molar-refractivity contribution is -0.118. The molecule has 7 heteroatoms. The average molecular weight is 367 g/mol. The van der Waals surface area contributed by atoms with Gasteiger partial charge in [0.1, 0.15) is 17.6 Å².